The molecule has 2 heteroatoms. The van der Waals surface area contributed by atoms with Gasteiger partial charge in [-0.1, -0.05) is 190 Å². The van der Waals surface area contributed by atoms with E-state index in [0.29, 0.717) is 0 Å². The van der Waals surface area contributed by atoms with Crippen molar-refractivity contribution in [2.45, 2.75) is 19.3 Å². The molecule has 10 aromatic carbocycles. The Bertz CT molecular complexity index is 3510. The zero-order chi connectivity index (χ0) is 43.5. The standard InChI is InChI=1S/C63H46N2/c1-63(2)57-27-16-15-26-53(57)61-58(63)28-17-29-60(61)64(51-35-30-45(31-36-51)43-18-7-3-8-19-43)52-37-32-46(33-38-52)48-34-39-59-55(40-48)56-42-49(44-20-9-4-10-21-44)41-54(47-22-11-5-12-23-47)62(56)65(59)50-24-13-6-14-25-50/h3-42H,1-2H3. The van der Waals surface area contributed by atoms with E-state index >= 15 is 0 Å². The van der Waals surface area contributed by atoms with Crippen LogP contribution >= 0.6 is 0 Å². The average molecular weight is 831 g/mol. The molecular formula is C63H46N2. The number of aromatic nitrogens is 1. The molecule has 0 radical (unpaired) electrons. The van der Waals surface area contributed by atoms with E-state index < -0.39 is 0 Å². The van der Waals surface area contributed by atoms with Gasteiger partial charge < -0.3 is 9.47 Å². The fourth-order valence-corrected chi connectivity index (χ4v) is 10.4. The molecule has 2 nitrogen and oxygen atoms in total. The summed E-state index contributed by atoms with van der Waals surface area (Å²) in [6.45, 7) is 4.71. The minimum atomic E-state index is -0.110. The molecule has 0 atom stereocenters. The third kappa shape index (κ3) is 6.49. The quantitative estimate of drug-likeness (QED) is 0.148. The Hall–Kier alpha value is -8.20. The van der Waals surface area contributed by atoms with Crippen molar-refractivity contribution in [3.63, 3.8) is 0 Å². The van der Waals surface area contributed by atoms with E-state index in [1.54, 1.807) is 0 Å². The van der Waals surface area contributed by atoms with Gasteiger partial charge in [0.05, 0.1) is 16.7 Å². The van der Waals surface area contributed by atoms with Gasteiger partial charge in [-0.25, -0.2) is 0 Å². The van der Waals surface area contributed by atoms with Crippen molar-refractivity contribution < 1.29 is 0 Å². The zero-order valence-electron chi connectivity index (χ0n) is 36.5. The van der Waals surface area contributed by atoms with Gasteiger partial charge in [-0.3, -0.25) is 0 Å². The van der Waals surface area contributed by atoms with Crippen LogP contribution in [0.4, 0.5) is 17.1 Å². The third-order valence-electron chi connectivity index (χ3n) is 13.6. The van der Waals surface area contributed by atoms with Crippen LogP contribution in [-0.2, 0) is 5.41 Å². The molecule has 0 saturated carbocycles. The smallest absolute Gasteiger partial charge is 0.0619 e. The molecule has 11 aromatic rings. The minimum Gasteiger partial charge on any atom is -0.310 e. The van der Waals surface area contributed by atoms with E-state index in [-0.39, 0.29) is 5.41 Å². The first-order valence-electron chi connectivity index (χ1n) is 22.6. The summed E-state index contributed by atoms with van der Waals surface area (Å²) >= 11 is 0. The molecule has 12 rings (SSSR count). The Morgan fingerprint density at radius 2 is 0.846 bits per heavy atom. The Kier molecular flexibility index (Phi) is 9.21. The highest BCUT2D eigenvalue weighted by Crippen LogP contribution is 2.54. The maximum Gasteiger partial charge on any atom is 0.0619 e. The van der Waals surface area contributed by atoms with Crippen molar-refractivity contribution >= 4 is 38.9 Å². The monoisotopic (exact) mass is 830 g/mol. The van der Waals surface area contributed by atoms with Crippen LogP contribution in [0, 0.1) is 0 Å². The van der Waals surface area contributed by atoms with Gasteiger partial charge in [-0.2, -0.15) is 0 Å². The molecule has 0 fully saturated rings. The van der Waals surface area contributed by atoms with E-state index in [0.717, 1.165) is 17.1 Å². The van der Waals surface area contributed by atoms with E-state index in [1.807, 2.05) is 0 Å². The fraction of sp³-hybridized carbons (Fsp3) is 0.0476. The predicted octanol–water partition coefficient (Wildman–Crippen LogP) is 17.2. The Balaban J connectivity index is 1.02. The summed E-state index contributed by atoms with van der Waals surface area (Å²) in [5, 5.41) is 2.45. The van der Waals surface area contributed by atoms with Crippen molar-refractivity contribution in [1.29, 1.82) is 0 Å². The third-order valence-corrected chi connectivity index (χ3v) is 13.6. The highest BCUT2D eigenvalue weighted by atomic mass is 15.1. The van der Waals surface area contributed by atoms with Crippen molar-refractivity contribution in [2.75, 3.05) is 4.90 Å². The molecular weight excluding hydrogens is 785 g/mol. The molecule has 1 heterocycles. The normalized spacial score (nSPS) is 12.6. The largest absolute Gasteiger partial charge is 0.310 e. The number of benzene rings is 10. The lowest BCUT2D eigenvalue weighted by atomic mass is 9.82. The molecule has 0 aliphatic heterocycles. The van der Waals surface area contributed by atoms with Gasteiger partial charge in [-0.15, -0.1) is 0 Å². The highest BCUT2D eigenvalue weighted by Gasteiger charge is 2.37. The molecule has 0 bridgehead atoms. The summed E-state index contributed by atoms with van der Waals surface area (Å²) in [5.74, 6) is 0. The van der Waals surface area contributed by atoms with Gasteiger partial charge in [0.2, 0.25) is 0 Å². The van der Waals surface area contributed by atoms with Crippen molar-refractivity contribution in [1.82, 2.24) is 4.57 Å². The minimum absolute atomic E-state index is 0.110. The number of hydrogen-bond donors (Lipinski definition) is 0. The van der Waals surface area contributed by atoms with E-state index in [4.69, 9.17) is 0 Å². The molecule has 0 spiro atoms. The first kappa shape index (κ1) is 38.5. The number of para-hydroxylation sites is 1. The number of anilines is 3. The average Bonchev–Trinajstić information content (AvgIpc) is 3.83. The molecule has 1 aliphatic carbocycles. The Morgan fingerprint density at radius 3 is 1.49 bits per heavy atom. The molecule has 1 aromatic heterocycles. The van der Waals surface area contributed by atoms with Gasteiger partial charge in [0.1, 0.15) is 0 Å². The van der Waals surface area contributed by atoms with Crippen LogP contribution in [0.1, 0.15) is 25.0 Å². The lowest BCUT2D eigenvalue weighted by Crippen LogP contribution is -2.16. The lowest BCUT2D eigenvalue weighted by molar-refractivity contribution is 0.660. The first-order chi connectivity index (χ1) is 32.0. The van der Waals surface area contributed by atoms with Crippen molar-refractivity contribution in [3.05, 3.63) is 254 Å². The van der Waals surface area contributed by atoms with Crippen LogP contribution in [0.5, 0.6) is 0 Å². The summed E-state index contributed by atoms with van der Waals surface area (Å²) < 4.78 is 2.45. The van der Waals surface area contributed by atoms with Gasteiger partial charge in [-0.05, 0) is 122 Å². The van der Waals surface area contributed by atoms with Gasteiger partial charge in [0.25, 0.3) is 0 Å². The van der Waals surface area contributed by atoms with Gasteiger partial charge >= 0.3 is 0 Å². The highest BCUT2D eigenvalue weighted by molar-refractivity contribution is 6.16. The van der Waals surface area contributed by atoms with Crippen LogP contribution in [-0.4, -0.2) is 4.57 Å². The van der Waals surface area contributed by atoms with E-state index in [9.17, 15) is 0 Å². The summed E-state index contributed by atoms with van der Waals surface area (Å²) in [4.78, 5) is 2.45. The van der Waals surface area contributed by atoms with Crippen LogP contribution < -0.4 is 4.90 Å². The summed E-state index contributed by atoms with van der Waals surface area (Å²) in [6, 6.07) is 88.8. The number of nitrogens with zero attached hydrogens (tertiary/aromatic N) is 2. The van der Waals surface area contributed by atoms with Crippen LogP contribution in [0.25, 0.3) is 83.1 Å². The predicted molar refractivity (Wildman–Crippen MR) is 275 cm³/mol. The van der Waals surface area contributed by atoms with E-state index in [1.165, 1.54) is 94.3 Å². The van der Waals surface area contributed by atoms with Crippen LogP contribution in [0.3, 0.4) is 0 Å². The van der Waals surface area contributed by atoms with Crippen molar-refractivity contribution in [3.8, 4) is 61.3 Å². The number of hydrogen-bond acceptors (Lipinski definition) is 1. The molecule has 0 amide bonds. The summed E-state index contributed by atoms with van der Waals surface area (Å²) in [6.07, 6.45) is 0. The lowest BCUT2D eigenvalue weighted by Gasteiger charge is -2.29. The maximum absolute atomic E-state index is 2.45. The van der Waals surface area contributed by atoms with Crippen LogP contribution in [0.2, 0.25) is 0 Å². The molecule has 308 valence electrons. The van der Waals surface area contributed by atoms with Gasteiger partial charge in [0.15, 0.2) is 0 Å². The fourth-order valence-electron chi connectivity index (χ4n) is 10.4. The van der Waals surface area contributed by atoms with E-state index in [2.05, 4.69) is 266 Å². The second kappa shape index (κ2) is 15.6. The maximum atomic E-state index is 2.45. The number of rotatable bonds is 8. The first-order valence-corrected chi connectivity index (χ1v) is 22.6. The second-order valence-corrected chi connectivity index (χ2v) is 17.7. The van der Waals surface area contributed by atoms with Crippen LogP contribution in [0.15, 0.2) is 243 Å². The molecule has 1 aliphatic rings. The second-order valence-electron chi connectivity index (χ2n) is 17.7. The molecule has 0 saturated heterocycles. The van der Waals surface area contributed by atoms with Gasteiger partial charge in [0, 0.05) is 44.4 Å². The van der Waals surface area contributed by atoms with Crippen molar-refractivity contribution in [2.24, 2.45) is 0 Å². The SMILES string of the molecule is CC1(C)c2ccccc2-c2c(N(c3ccc(-c4ccccc4)cc3)c3ccc(-c4ccc5c(c4)c4cc(-c6ccccc6)cc(-c6ccccc6)c4n5-c4ccccc4)cc3)cccc21. The Morgan fingerprint density at radius 1 is 0.354 bits per heavy atom. The molecule has 0 unspecified atom stereocenters. The summed E-state index contributed by atoms with van der Waals surface area (Å²) in [5.41, 5.74) is 21.7. The zero-order valence-corrected chi connectivity index (χ0v) is 36.5. The Labute approximate surface area is 381 Å². The topological polar surface area (TPSA) is 8.17 Å². The molecule has 65 heavy (non-hydrogen) atoms. The number of fused-ring (bicyclic) bond motifs is 6. The summed E-state index contributed by atoms with van der Waals surface area (Å²) in [7, 11) is 0. The molecule has 0 N–H and O–H groups in total.